The molecule has 14 heavy (non-hydrogen) atoms. The van der Waals surface area contributed by atoms with E-state index >= 15 is 0 Å². The Bertz CT molecular complexity index is 663. The Morgan fingerprint density at radius 2 is 1.86 bits per heavy atom. The van der Waals surface area contributed by atoms with Crippen molar-refractivity contribution in [3.05, 3.63) is 46.8 Å². The smallest absolute Gasteiger partial charge is 0.186 e. The van der Waals surface area contributed by atoms with Crippen LogP contribution in [0.2, 0.25) is 0 Å². The molecule has 0 aliphatic heterocycles. The minimum atomic E-state index is 0.0746. The van der Waals surface area contributed by atoms with Gasteiger partial charge in [-0.3, -0.25) is 4.79 Å². The standard InChI is InChI=1S/C11H8N2O/c14-11-3-1-2-7-8(11)4-5-10-9(7)6-12-13-10/h1-6,12-13H. The van der Waals surface area contributed by atoms with Gasteiger partial charge >= 0.3 is 0 Å². The number of hydrogen-bond donors (Lipinski definition) is 2. The van der Waals surface area contributed by atoms with Crippen LogP contribution in [0.25, 0.3) is 21.7 Å². The molecule has 0 unspecified atom stereocenters. The molecule has 0 bridgehead atoms. The van der Waals surface area contributed by atoms with Gasteiger partial charge in [0.25, 0.3) is 0 Å². The van der Waals surface area contributed by atoms with Crippen molar-refractivity contribution in [3.8, 4) is 0 Å². The van der Waals surface area contributed by atoms with E-state index in [-0.39, 0.29) is 5.43 Å². The average molecular weight is 184 g/mol. The summed E-state index contributed by atoms with van der Waals surface area (Å²) in [5, 5.41) is 8.75. The predicted molar refractivity (Wildman–Crippen MR) is 56.4 cm³/mol. The summed E-state index contributed by atoms with van der Waals surface area (Å²) < 4.78 is 0. The summed E-state index contributed by atoms with van der Waals surface area (Å²) in [6.07, 6.45) is 1.87. The second-order valence-electron chi connectivity index (χ2n) is 3.29. The first-order chi connectivity index (χ1) is 6.86. The zero-order chi connectivity index (χ0) is 9.54. The van der Waals surface area contributed by atoms with Crippen LogP contribution >= 0.6 is 0 Å². The highest BCUT2D eigenvalue weighted by molar-refractivity contribution is 6.05. The topological polar surface area (TPSA) is 48.6 Å². The molecular weight excluding hydrogens is 176 g/mol. The maximum absolute atomic E-state index is 11.5. The number of benzene rings is 2. The van der Waals surface area contributed by atoms with Crippen molar-refractivity contribution in [2.45, 2.75) is 0 Å². The molecular formula is C11H8N2O. The maximum atomic E-state index is 11.5. The van der Waals surface area contributed by atoms with Gasteiger partial charge in [-0.15, -0.1) is 0 Å². The number of H-pyrrole nitrogens is 2. The van der Waals surface area contributed by atoms with E-state index in [9.17, 15) is 4.79 Å². The Balaban J connectivity index is 2.71. The van der Waals surface area contributed by atoms with E-state index in [0.29, 0.717) is 0 Å². The first-order valence-corrected chi connectivity index (χ1v) is 4.44. The van der Waals surface area contributed by atoms with E-state index in [1.807, 2.05) is 24.4 Å². The lowest BCUT2D eigenvalue weighted by atomic mass is 10.1. The average Bonchev–Trinajstić information content (AvgIpc) is 2.66. The SMILES string of the molecule is O=c1cccc2c1ccc1[nH][nH]cc12. The van der Waals surface area contributed by atoms with Gasteiger partial charge < -0.3 is 10.2 Å². The summed E-state index contributed by atoms with van der Waals surface area (Å²) in [5.41, 5.74) is 1.09. The Kier molecular flexibility index (Phi) is 1.31. The van der Waals surface area contributed by atoms with Crippen molar-refractivity contribution in [3.63, 3.8) is 0 Å². The van der Waals surface area contributed by atoms with Crippen molar-refractivity contribution in [1.29, 1.82) is 0 Å². The van der Waals surface area contributed by atoms with Gasteiger partial charge in [0.15, 0.2) is 5.43 Å². The van der Waals surface area contributed by atoms with E-state index in [4.69, 9.17) is 0 Å². The third kappa shape index (κ3) is 0.836. The van der Waals surface area contributed by atoms with Gasteiger partial charge in [0, 0.05) is 17.0 Å². The molecule has 1 aromatic heterocycles. The quantitative estimate of drug-likeness (QED) is 0.551. The molecule has 0 saturated carbocycles. The highest BCUT2D eigenvalue weighted by atomic mass is 16.1. The molecule has 2 N–H and O–H groups in total. The van der Waals surface area contributed by atoms with Crippen LogP contribution in [0.4, 0.5) is 0 Å². The van der Waals surface area contributed by atoms with Crippen molar-refractivity contribution >= 4 is 21.7 Å². The van der Waals surface area contributed by atoms with E-state index < -0.39 is 0 Å². The van der Waals surface area contributed by atoms with Crippen molar-refractivity contribution in [2.24, 2.45) is 0 Å². The van der Waals surface area contributed by atoms with Crippen LogP contribution in [0, 0.1) is 0 Å². The molecule has 0 fully saturated rings. The molecule has 0 saturated heterocycles. The first-order valence-electron chi connectivity index (χ1n) is 4.44. The third-order valence-electron chi connectivity index (χ3n) is 2.49. The Morgan fingerprint density at radius 3 is 2.79 bits per heavy atom. The van der Waals surface area contributed by atoms with Gasteiger partial charge in [0.2, 0.25) is 0 Å². The zero-order valence-electron chi connectivity index (χ0n) is 7.37. The van der Waals surface area contributed by atoms with Gasteiger partial charge in [0.05, 0.1) is 5.52 Å². The third-order valence-corrected chi connectivity index (χ3v) is 2.49. The first kappa shape index (κ1) is 7.38. The molecule has 3 rings (SSSR count). The van der Waals surface area contributed by atoms with Gasteiger partial charge in [-0.05, 0) is 23.6 Å². The normalized spacial score (nSPS) is 11.1. The van der Waals surface area contributed by atoms with E-state index in [0.717, 1.165) is 21.7 Å². The van der Waals surface area contributed by atoms with Crippen LogP contribution < -0.4 is 5.43 Å². The maximum Gasteiger partial charge on any atom is 0.186 e. The van der Waals surface area contributed by atoms with Crippen LogP contribution in [0.15, 0.2) is 41.3 Å². The highest BCUT2D eigenvalue weighted by Gasteiger charge is 2.02. The Hall–Kier alpha value is -2.03. The monoisotopic (exact) mass is 184 g/mol. The number of fused-ring (bicyclic) bond motifs is 3. The van der Waals surface area contributed by atoms with Crippen LogP contribution in [0.1, 0.15) is 0 Å². The van der Waals surface area contributed by atoms with Crippen LogP contribution in [-0.4, -0.2) is 10.2 Å². The summed E-state index contributed by atoms with van der Waals surface area (Å²) in [4.78, 5) is 11.5. The second kappa shape index (κ2) is 2.48. The number of aromatic amines is 2. The molecule has 2 aromatic carbocycles. The number of hydrogen-bond acceptors (Lipinski definition) is 1. The van der Waals surface area contributed by atoms with Crippen LogP contribution in [0.5, 0.6) is 0 Å². The van der Waals surface area contributed by atoms with E-state index in [1.165, 1.54) is 0 Å². The molecule has 3 heteroatoms. The molecule has 68 valence electrons. The molecule has 0 aliphatic rings. The molecule has 0 radical (unpaired) electrons. The molecule has 0 amide bonds. The van der Waals surface area contributed by atoms with Gasteiger partial charge in [0.1, 0.15) is 0 Å². The molecule has 3 aromatic rings. The minimum Gasteiger partial charge on any atom is -0.307 e. The number of aromatic nitrogens is 2. The summed E-state index contributed by atoms with van der Waals surface area (Å²) >= 11 is 0. The largest absolute Gasteiger partial charge is 0.307 e. The lowest BCUT2D eigenvalue weighted by Crippen LogP contribution is -1.97. The van der Waals surface area contributed by atoms with Crippen LogP contribution in [0.3, 0.4) is 0 Å². The minimum absolute atomic E-state index is 0.0746. The van der Waals surface area contributed by atoms with Crippen molar-refractivity contribution in [2.75, 3.05) is 0 Å². The predicted octanol–water partition coefficient (Wildman–Crippen LogP) is 2.01. The summed E-state index contributed by atoms with van der Waals surface area (Å²) in [5.74, 6) is 0. The molecule has 1 heterocycles. The molecule has 0 atom stereocenters. The highest BCUT2D eigenvalue weighted by Crippen LogP contribution is 2.20. The number of rotatable bonds is 0. The van der Waals surface area contributed by atoms with Gasteiger partial charge in [-0.1, -0.05) is 12.1 Å². The van der Waals surface area contributed by atoms with Gasteiger partial charge in [-0.25, -0.2) is 0 Å². The molecule has 0 aliphatic carbocycles. The Morgan fingerprint density at radius 1 is 0.929 bits per heavy atom. The summed E-state index contributed by atoms with van der Waals surface area (Å²) in [6.45, 7) is 0. The molecule has 3 nitrogen and oxygen atoms in total. The fourth-order valence-electron chi connectivity index (χ4n) is 1.80. The fourth-order valence-corrected chi connectivity index (χ4v) is 1.80. The zero-order valence-corrected chi connectivity index (χ0v) is 7.37. The fraction of sp³-hybridized carbons (Fsp3) is 0. The van der Waals surface area contributed by atoms with Crippen molar-refractivity contribution in [1.82, 2.24) is 10.2 Å². The molecule has 0 spiro atoms. The summed E-state index contributed by atoms with van der Waals surface area (Å²) in [6, 6.07) is 9.10. The van der Waals surface area contributed by atoms with E-state index in [1.54, 1.807) is 12.1 Å². The van der Waals surface area contributed by atoms with Gasteiger partial charge in [-0.2, -0.15) is 0 Å². The number of nitrogens with one attached hydrogen (secondary N) is 2. The lowest BCUT2D eigenvalue weighted by molar-refractivity contribution is 1.12. The Labute approximate surface area is 79.4 Å². The van der Waals surface area contributed by atoms with Crippen LogP contribution in [-0.2, 0) is 0 Å². The van der Waals surface area contributed by atoms with Crippen molar-refractivity contribution < 1.29 is 0 Å². The second-order valence-corrected chi connectivity index (χ2v) is 3.29. The lowest BCUT2D eigenvalue weighted by Gasteiger charge is -1.96. The summed E-state index contributed by atoms with van der Waals surface area (Å²) in [7, 11) is 0. The van der Waals surface area contributed by atoms with E-state index in [2.05, 4.69) is 10.2 Å².